The lowest BCUT2D eigenvalue weighted by Gasteiger charge is -2.27. The first-order valence-corrected chi connectivity index (χ1v) is 14.2. The molecule has 8 nitrogen and oxygen atoms in total. The number of halogens is 5. The zero-order chi connectivity index (χ0) is 31.2. The number of alkyl halides is 2. The molecule has 0 bridgehead atoms. The van der Waals surface area contributed by atoms with Gasteiger partial charge in [-0.2, -0.15) is 0 Å². The number of aromatic carboxylic acids is 1. The van der Waals surface area contributed by atoms with E-state index in [0.717, 1.165) is 49.1 Å². The van der Waals surface area contributed by atoms with Crippen LogP contribution in [0.15, 0.2) is 48.7 Å². The van der Waals surface area contributed by atoms with Gasteiger partial charge in [0.05, 0.1) is 34.3 Å². The second-order valence-corrected chi connectivity index (χ2v) is 11.4. The Kier molecular flexibility index (Phi) is 7.80. The Morgan fingerprint density at radius 2 is 1.93 bits per heavy atom. The molecule has 14 heteroatoms. The summed E-state index contributed by atoms with van der Waals surface area (Å²) in [6.07, 6.45) is 1.38. The van der Waals surface area contributed by atoms with Crippen LogP contribution in [0.4, 0.5) is 22.0 Å². The quantitative estimate of drug-likeness (QED) is 0.171. The third-order valence-electron chi connectivity index (χ3n) is 7.13. The van der Waals surface area contributed by atoms with Crippen LogP contribution in [0.3, 0.4) is 0 Å². The monoisotopic (exact) mass is 630 g/mol. The Bertz CT molecular complexity index is 1880. The third-order valence-corrected chi connectivity index (χ3v) is 8.27. The Labute approximate surface area is 250 Å². The summed E-state index contributed by atoms with van der Waals surface area (Å²) in [6.45, 7) is 1.41. The lowest BCUT2D eigenvalue weighted by Crippen LogP contribution is -2.31. The molecule has 0 saturated carbocycles. The summed E-state index contributed by atoms with van der Waals surface area (Å²) in [5.74, 6) is -6.47. The smallest absolute Gasteiger partial charge is 0.335 e. The van der Waals surface area contributed by atoms with Crippen LogP contribution < -0.4 is 4.74 Å². The van der Waals surface area contributed by atoms with Gasteiger partial charge in [-0.3, -0.25) is 0 Å². The normalized spacial score (nSPS) is 15.0. The van der Waals surface area contributed by atoms with Crippen molar-refractivity contribution in [2.24, 2.45) is 0 Å². The van der Waals surface area contributed by atoms with Crippen LogP contribution >= 0.6 is 11.3 Å². The highest BCUT2D eigenvalue weighted by molar-refractivity contribution is 7.11. The molecule has 1 fully saturated rings. The molecule has 1 saturated heterocycles. The molecular formula is C30H23F5N4O4S. The van der Waals surface area contributed by atoms with Crippen LogP contribution in [0.1, 0.15) is 45.0 Å². The fourth-order valence-corrected chi connectivity index (χ4v) is 5.54. The number of pyridine rings is 1. The standard InChI is InChI=1S/C30H23F5N4O4S/c1-30(34,35)24-12-36-27(44-24)14-43-26-4-2-3-22(37-26)18-11-19(31)15(7-20(18)32)10-25-38-28-21(33)8-16(29(40)41)9-23(28)39(25)13-17-5-6-42-17/h2-4,7-9,11-12,17H,5-6,10,13-14H2,1H3,(H,40,41). The fourth-order valence-electron chi connectivity index (χ4n) is 4.77. The molecule has 0 radical (unpaired) electrons. The van der Waals surface area contributed by atoms with Crippen molar-refractivity contribution in [1.82, 2.24) is 19.5 Å². The average molecular weight is 631 g/mol. The van der Waals surface area contributed by atoms with E-state index in [1.165, 1.54) is 24.3 Å². The van der Waals surface area contributed by atoms with Crippen LogP contribution in [0.5, 0.6) is 5.88 Å². The molecule has 0 spiro atoms. The van der Waals surface area contributed by atoms with Gasteiger partial charge in [-0.15, -0.1) is 11.3 Å². The number of hydrogen-bond acceptors (Lipinski definition) is 7. The van der Waals surface area contributed by atoms with Crippen LogP contribution in [-0.2, 0) is 30.2 Å². The number of thiazole rings is 1. The van der Waals surface area contributed by atoms with Crippen molar-refractivity contribution < 1.29 is 41.3 Å². The molecule has 6 rings (SSSR count). The SMILES string of the molecule is CC(F)(F)c1cnc(COc2cccc(-c3cc(F)c(Cc4nc5c(F)cc(C(=O)O)cc5n4CC4CCO4)cc3F)n2)s1. The Hall–Kier alpha value is -4.43. The third kappa shape index (κ3) is 5.99. The Morgan fingerprint density at radius 3 is 2.61 bits per heavy atom. The molecule has 1 N–H and O–H groups in total. The van der Waals surface area contributed by atoms with Crippen molar-refractivity contribution in [3.8, 4) is 17.1 Å². The number of carbonyl (C=O) groups is 1. The van der Waals surface area contributed by atoms with Crippen molar-refractivity contribution in [3.63, 3.8) is 0 Å². The number of fused-ring (bicyclic) bond motifs is 1. The van der Waals surface area contributed by atoms with E-state index in [9.17, 15) is 23.1 Å². The molecule has 1 unspecified atom stereocenters. The first-order valence-electron chi connectivity index (χ1n) is 13.4. The van der Waals surface area contributed by atoms with Gasteiger partial charge < -0.3 is 19.1 Å². The molecular weight excluding hydrogens is 607 g/mol. The number of ether oxygens (including phenoxy) is 2. The first-order chi connectivity index (χ1) is 21.0. The van der Waals surface area contributed by atoms with Crippen molar-refractivity contribution >= 4 is 28.3 Å². The number of carboxylic acid groups (broad SMARTS) is 1. The van der Waals surface area contributed by atoms with Gasteiger partial charge in [0, 0.05) is 37.8 Å². The van der Waals surface area contributed by atoms with E-state index in [1.807, 2.05) is 0 Å². The summed E-state index contributed by atoms with van der Waals surface area (Å²) < 4.78 is 85.3. The Morgan fingerprint density at radius 1 is 1.14 bits per heavy atom. The summed E-state index contributed by atoms with van der Waals surface area (Å²) in [7, 11) is 0. The lowest BCUT2D eigenvalue weighted by atomic mass is 10.0. The lowest BCUT2D eigenvalue weighted by molar-refractivity contribution is -0.0589. The minimum absolute atomic E-state index is 0.0566. The number of benzene rings is 2. The molecule has 0 aliphatic carbocycles. The highest BCUT2D eigenvalue weighted by Gasteiger charge is 2.28. The predicted molar refractivity (Wildman–Crippen MR) is 149 cm³/mol. The fraction of sp³-hybridized carbons (Fsp3) is 0.267. The van der Waals surface area contributed by atoms with Crippen molar-refractivity contribution in [2.75, 3.05) is 6.61 Å². The van der Waals surface area contributed by atoms with E-state index < -0.39 is 29.3 Å². The number of hydrogen-bond donors (Lipinski definition) is 1. The molecule has 1 aliphatic rings. The maximum Gasteiger partial charge on any atom is 0.335 e. The summed E-state index contributed by atoms with van der Waals surface area (Å²) in [5, 5.41) is 9.70. The molecule has 1 aliphatic heterocycles. The molecule has 228 valence electrons. The topological polar surface area (TPSA) is 99.4 Å². The van der Waals surface area contributed by atoms with Gasteiger partial charge in [0.15, 0.2) is 5.82 Å². The second kappa shape index (κ2) is 11.6. The van der Waals surface area contributed by atoms with Gasteiger partial charge in [-0.1, -0.05) is 6.07 Å². The summed E-state index contributed by atoms with van der Waals surface area (Å²) in [6, 6.07) is 8.63. The van der Waals surface area contributed by atoms with Gasteiger partial charge >= 0.3 is 5.97 Å². The minimum atomic E-state index is -3.03. The maximum absolute atomic E-state index is 15.4. The number of carboxylic acids is 1. The number of nitrogens with zero attached hydrogens (tertiary/aromatic N) is 4. The highest BCUT2D eigenvalue weighted by Crippen LogP contribution is 2.33. The predicted octanol–water partition coefficient (Wildman–Crippen LogP) is 6.74. The number of rotatable bonds is 10. The van der Waals surface area contributed by atoms with E-state index in [1.54, 1.807) is 4.57 Å². The number of imidazole rings is 1. The van der Waals surface area contributed by atoms with E-state index in [0.29, 0.717) is 11.6 Å². The molecule has 5 aromatic rings. The van der Waals surface area contributed by atoms with Crippen LogP contribution in [-0.4, -0.2) is 43.3 Å². The molecule has 2 aromatic carbocycles. The minimum Gasteiger partial charge on any atom is -0.478 e. The zero-order valence-corrected chi connectivity index (χ0v) is 23.8. The Balaban J connectivity index is 1.26. The van der Waals surface area contributed by atoms with Gasteiger partial charge in [-0.25, -0.2) is 41.7 Å². The van der Waals surface area contributed by atoms with E-state index >= 15 is 8.78 Å². The molecule has 44 heavy (non-hydrogen) atoms. The van der Waals surface area contributed by atoms with Crippen LogP contribution in [0, 0.1) is 17.5 Å². The van der Waals surface area contributed by atoms with Crippen molar-refractivity contribution in [1.29, 1.82) is 0 Å². The summed E-state index contributed by atoms with van der Waals surface area (Å²) in [4.78, 5) is 23.8. The maximum atomic E-state index is 15.4. The highest BCUT2D eigenvalue weighted by atomic mass is 32.1. The van der Waals surface area contributed by atoms with Gasteiger partial charge in [-0.05, 0) is 42.3 Å². The van der Waals surface area contributed by atoms with E-state index in [2.05, 4.69) is 15.0 Å². The summed E-state index contributed by atoms with van der Waals surface area (Å²) in [5.41, 5.74) is -0.272. The molecule has 3 aromatic heterocycles. The van der Waals surface area contributed by atoms with Crippen LogP contribution in [0.25, 0.3) is 22.3 Å². The second-order valence-electron chi connectivity index (χ2n) is 10.3. The van der Waals surface area contributed by atoms with Gasteiger partial charge in [0.25, 0.3) is 5.92 Å². The van der Waals surface area contributed by atoms with Crippen molar-refractivity contribution in [2.45, 2.75) is 44.9 Å². The molecule has 4 heterocycles. The summed E-state index contributed by atoms with van der Waals surface area (Å²) >= 11 is 0.794. The van der Waals surface area contributed by atoms with Crippen LogP contribution in [0.2, 0.25) is 0 Å². The zero-order valence-electron chi connectivity index (χ0n) is 23.0. The average Bonchev–Trinajstić information content (AvgIpc) is 3.57. The van der Waals surface area contributed by atoms with Gasteiger partial charge in [0.1, 0.15) is 34.6 Å². The van der Waals surface area contributed by atoms with Crippen molar-refractivity contribution in [3.05, 3.63) is 92.9 Å². The van der Waals surface area contributed by atoms with Gasteiger partial charge in [0.2, 0.25) is 5.88 Å². The van der Waals surface area contributed by atoms with E-state index in [4.69, 9.17) is 9.47 Å². The molecule has 1 atom stereocenters. The molecule has 0 amide bonds. The van der Waals surface area contributed by atoms with E-state index in [-0.39, 0.29) is 75.7 Å². The number of aromatic nitrogens is 4. The largest absolute Gasteiger partial charge is 0.478 e. The first kappa shape index (κ1) is 29.6.